The lowest BCUT2D eigenvalue weighted by atomic mass is 10.2. The number of rotatable bonds is 6. The number of carbonyl (C=O) groups is 1. The van der Waals surface area contributed by atoms with Gasteiger partial charge in [-0.05, 0) is 50.6 Å². The molecule has 0 saturated carbocycles. The van der Waals surface area contributed by atoms with Gasteiger partial charge < -0.3 is 16.2 Å². The van der Waals surface area contributed by atoms with E-state index in [1.165, 1.54) is 0 Å². The Morgan fingerprint density at radius 2 is 2.35 bits per heavy atom. The lowest BCUT2D eigenvalue weighted by molar-refractivity contribution is -0.116. The molecule has 20 heavy (non-hydrogen) atoms. The van der Waals surface area contributed by atoms with Crippen LogP contribution in [0.15, 0.2) is 24.3 Å². The van der Waals surface area contributed by atoms with E-state index in [1.54, 1.807) is 12.1 Å². The molecule has 1 atom stereocenters. The van der Waals surface area contributed by atoms with Crippen LogP contribution in [0.5, 0.6) is 0 Å². The van der Waals surface area contributed by atoms with Crippen molar-refractivity contribution in [3.63, 3.8) is 0 Å². The van der Waals surface area contributed by atoms with E-state index in [-0.39, 0.29) is 18.6 Å². The van der Waals surface area contributed by atoms with Gasteiger partial charge in [-0.15, -0.1) is 0 Å². The molecule has 2 rings (SSSR count). The molecule has 110 valence electrons. The highest BCUT2D eigenvalue weighted by molar-refractivity contribution is 5.91. The van der Waals surface area contributed by atoms with Crippen LogP contribution in [0, 0.1) is 0 Å². The Labute approximate surface area is 119 Å². The molecule has 1 unspecified atom stereocenters. The number of nitrogens with one attached hydrogen (secondary N) is 1. The molecule has 0 aliphatic carbocycles. The minimum Gasteiger partial charge on any atom is -0.399 e. The van der Waals surface area contributed by atoms with Gasteiger partial charge in [-0.25, -0.2) is 0 Å². The predicted molar refractivity (Wildman–Crippen MR) is 80.4 cm³/mol. The summed E-state index contributed by atoms with van der Waals surface area (Å²) in [5, 5.41) is 12.1. The second-order valence-corrected chi connectivity index (χ2v) is 5.29. The summed E-state index contributed by atoms with van der Waals surface area (Å²) >= 11 is 0. The van der Waals surface area contributed by atoms with Gasteiger partial charge >= 0.3 is 0 Å². The Morgan fingerprint density at radius 1 is 1.50 bits per heavy atom. The quantitative estimate of drug-likeness (QED) is 0.688. The van der Waals surface area contributed by atoms with E-state index in [0.717, 1.165) is 38.0 Å². The molecule has 4 N–H and O–H groups in total. The summed E-state index contributed by atoms with van der Waals surface area (Å²) in [6, 6.07) is 7.47. The van der Waals surface area contributed by atoms with E-state index in [9.17, 15) is 9.90 Å². The van der Waals surface area contributed by atoms with Crippen molar-refractivity contribution in [1.82, 2.24) is 4.90 Å². The summed E-state index contributed by atoms with van der Waals surface area (Å²) in [6.45, 7) is 2.12. The summed E-state index contributed by atoms with van der Waals surface area (Å²) in [5.41, 5.74) is 7.05. The van der Waals surface area contributed by atoms with Crippen molar-refractivity contribution in [3.8, 4) is 0 Å². The zero-order valence-electron chi connectivity index (χ0n) is 11.7. The standard InChI is InChI=1S/C15H23N3O2/c16-12-4-1-5-13(10-12)17-15(20)7-3-9-18-8-2-6-14(18)11-19/h1,4-5,10,14,19H,2-3,6-9,11,16H2,(H,17,20). The van der Waals surface area contributed by atoms with Gasteiger partial charge in [0.1, 0.15) is 0 Å². The molecular formula is C15H23N3O2. The molecule has 1 aromatic carbocycles. The van der Waals surface area contributed by atoms with Gasteiger partial charge in [-0.3, -0.25) is 9.69 Å². The Bertz CT molecular complexity index is 450. The third-order valence-electron chi connectivity index (χ3n) is 3.73. The van der Waals surface area contributed by atoms with Crippen molar-refractivity contribution in [2.75, 3.05) is 30.7 Å². The van der Waals surface area contributed by atoms with Gasteiger partial charge in [-0.2, -0.15) is 0 Å². The van der Waals surface area contributed by atoms with Crippen LogP contribution in [0.3, 0.4) is 0 Å². The van der Waals surface area contributed by atoms with E-state index in [4.69, 9.17) is 5.73 Å². The maximum absolute atomic E-state index is 11.8. The number of nitrogens with zero attached hydrogens (tertiary/aromatic N) is 1. The second-order valence-electron chi connectivity index (χ2n) is 5.29. The van der Waals surface area contributed by atoms with Gasteiger partial charge in [0.15, 0.2) is 0 Å². The number of hydrogen-bond donors (Lipinski definition) is 3. The number of carbonyl (C=O) groups excluding carboxylic acids is 1. The number of nitrogen functional groups attached to an aromatic ring is 1. The van der Waals surface area contributed by atoms with Crippen molar-refractivity contribution in [1.29, 1.82) is 0 Å². The molecule has 0 aromatic heterocycles. The molecule has 1 amide bonds. The van der Waals surface area contributed by atoms with Crippen LogP contribution in [0.2, 0.25) is 0 Å². The van der Waals surface area contributed by atoms with Gasteiger partial charge in [0.2, 0.25) is 5.91 Å². The van der Waals surface area contributed by atoms with E-state index >= 15 is 0 Å². The largest absolute Gasteiger partial charge is 0.399 e. The average Bonchev–Trinajstić information content (AvgIpc) is 2.86. The molecule has 1 aliphatic heterocycles. The van der Waals surface area contributed by atoms with Crippen LogP contribution < -0.4 is 11.1 Å². The zero-order chi connectivity index (χ0) is 14.4. The Morgan fingerprint density at radius 3 is 3.10 bits per heavy atom. The highest BCUT2D eigenvalue weighted by Crippen LogP contribution is 2.17. The van der Waals surface area contributed by atoms with Crippen LogP contribution in [-0.2, 0) is 4.79 Å². The molecule has 0 bridgehead atoms. The minimum atomic E-state index is 0.00958. The van der Waals surface area contributed by atoms with E-state index in [0.29, 0.717) is 12.1 Å². The Balaban J connectivity index is 1.70. The zero-order valence-corrected chi connectivity index (χ0v) is 11.7. The van der Waals surface area contributed by atoms with Crippen LogP contribution in [0.4, 0.5) is 11.4 Å². The molecular weight excluding hydrogens is 254 g/mol. The Kier molecular flexibility index (Phi) is 5.38. The molecule has 5 nitrogen and oxygen atoms in total. The van der Waals surface area contributed by atoms with Crippen molar-refractivity contribution in [3.05, 3.63) is 24.3 Å². The molecule has 0 radical (unpaired) electrons. The third-order valence-corrected chi connectivity index (χ3v) is 3.73. The number of anilines is 2. The lowest BCUT2D eigenvalue weighted by Gasteiger charge is -2.22. The first kappa shape index (κ1) is 14.8. The first-order chi connectivity index (χ1) is 9.69. The average molecular weight is 277 g/mol. The number of benzene rings is 1. The summed E-state index contributed by atoms with van der Waals surface area (Å²) in [7, 11) is 0. The second kappa shape index (κ2) is 7.26. The monoisotopic (exact) mass is 277 g/mol. The van der Waals surface area contributed by atoms with Crippen molar-refractivity contribution in [2.24, 2.45) is 0 Å². The SMILES string of the molecule is Nc1cccc(NC(=O)CCCN2CCCC2CO)c1. The Hall–Kier alpha value is -1.59. The predicted octanol–water partition coefficient (Wildman–Crippen LogP) is 1.44. The topological polar surface area (TPSA) is 78.6 Å². The van der Waals surface area contributed by atoms with Crippen molar-refractivity contribution < 1.29 is 9.90 Å². The first-order valence-electron chi connectivity index (χ1n) is 7.19. The summed E-state index contributed by atoms with van der Waals surface area (Å²) in [4.78, 5) is 14.1. The van der Waals surface area contributed by atoms with Crippen LogP contribution in [0.1, 0.15) is 25.7 Å². The number of nitrogens with two attached hydrogens (primary N) is 1. The first-order valence-corrected chi connectivity index (χ1v) is 7.19. The van der Waals surface area contributed by atoms with Crippen LogP contribution in [0.25, 0.3) is 0 Å². The summed E-state index contributed by atoms with van der Waals surface area (Å²) < 4.78 is 0. The molecule has 0 spiro atoms. The van der Waals surface area contributed by atoms with Gasteiger partial charge in [0.25, 0.3) is 0 Å². The van der Waals surface area contributed by atoms with Gasteiger partial charge in [0, 0.05) is 23.8 Å². The molecule has 1 aromatic rings. The fraction of sp³-hybridized carbons (Fsp3) is 0.533. The normalized spacial score (nSPS) is 19.1. The van der Waals surface area contributed by atoms with Crippen LogP contribution in [-0.4, -0.2) is 41.7 Å². The molecule has 5 heteroatoms. The smallest absolute Gasteiger partial charge is 0.224 e. The van der Waals surface area contributed by atoms with Crippen LogP contribution >= 0.6 is 0 Å². The summed E-state index contributed by atoms with van der Waals surface area (Å²) in [6.07, 6.45) is 3.50. The molecule has 1 heterocycles. The maximum Gasteiger partial charge on any atom is 0.224 e. The minimum absolute atomic E-state index is 0.00958. The van der Waals surface area contributed by atoms with Gasteiger partial charge in [-0.1, -0.05) is 6.07 Å². The van der Waals surface area contributed by atoms with Crippen molar-refractivity contribution in [2.45, 2.75) is 31.7 Å². The van der Waals surface area contributed by atoms with Gasteiger partial charge in [0.05, 0.1) is 6.61 Å². The fourth-order valence-corrected chi connectivity index (χ4v) is 2.68. The van der Waals surface area contributed by atoms with Crippen molar-refractivity contribution >= 4 is 17.3 Å². The van der Waals surface area contributed by atoms with E-state index in [2.05, 4.69) is 10.2 Å². The highest BCUT2D eigenvalue weighted by atomic mass is 16.3. The maximum atomic E-state index is 11.8. The number of amides is 1. The lowest BCUT2D eigenvalue weighted by Crippen LogP contribution is -2.33. The highest BCUT2D eigenvalue weighted by Gasteiger charge is 2.22. The number of aliphatic hydroxyl groups is 1. The number of aliphatic hydroxyl groups excluding tert-OH is 1. The molecule has 1 fully saturated rings. The number of hydrogen-bond acceptors (Lipinski definition) is 4. The molecule has 1 aliphatic rings. The summed E-state index contributed by atoms with van der Waals surface area (Å²) in [5.74, 6) is 0.00958. The third kappa shape index (κ3) is 4.21. The molecule has 1 saturated heterocycles. The van der Waals surface area contributed by atoms with E-state index in [1.807, 2.05) is 12.1 Å². The van der Waals surface area contributed by atoms with E-state index < -0.39 is 0 Å². The fourth-order valence-electron chi connectivity index (χ4n) is 2.68. The number of likely N-dealkylation sites (tertiary alicyclic amines) is 1.